The van der Waals surface area contributed by atoms with Crippen molar-refractivity contribution in [1.82, 2.24) is 0 Å². The highest BCUT2D eigenvalue weighted by molar-refractivity contribution is 7.85. The second-order valence-corrected chi connectivity index (χ2v) is 5.84. The second-order valence-electron chi connectivity index (χ2n) is 4.49. The first-order valence-corrected chi connectivity index (χ1v) is 6.91. The average Bonchev–Trinajstić information content (AvgIpc) is 2.17. The van der Waals surface area contributed by atoms with Crippen LogP contribution >= 0.6 is 0 Å². The van der Waals surface area contributed by atoms with Crippen LogP contribution in [0.3, 0.4) is 0 Å². The third-order valence-corrected chi connectivity index (χ3v) is 3.45. The van der Waals surface area contributed by atoms with Gasteiger partial charge in [-0.3, -0.25) is 4.79 Å². The standard InChI is InChI=1S/C12H17NO4S/c1-7(2)10-6-11(13-9(4)14)8(3)5-12(10)18(15,16)17/h5-7H,1-4H3,(H,13,14)(H,15,16,17)/p-1. The average molecular weight is 270 g/mol. The summed E-state index contributed by atoms with van der Waals surface area (Å²) >= 11 is 0. The van der Waals surface area contributed by atoms with Crippen molar-refractivity contribution in [2.75, 3.05) is 5.32 Å². The Balaban J connectivity index is 3.49. The molecule has 1 aromatic rings. The van der Waals surface area contributed by atoms with E-state index in [-0.39, 0.29) is 16.7 Å². The van der Waals surface area contributed by atoms with Crippen molar-refractivity contribution < 1.29 is 17.8 Å². The summed E-state index contributed by atoms with van der Waals surface area (Å²) < 4.78 is 33.6. The topological polar surface area (TPSA) is 86.3 Å². The van der Waals surface area contributed by atoms with E-state index in [1.807, 2.05) is 0 Å². The fraction of sp³-hybridized carbons (Fsp3) is 0.417. The van der Waals surface area contributed by atoms with Gasteiger partial charge in [-0.25, -0.2) is 8.42 Å². The van der Waals surface area contributed by atoms with Gasteiger partial charge >= 0.3 is 0 Å². The van der Waals surface area contributed by atoms with Crippen LogP contribution in [-0.4, -0.2) is 18.9 Å². The molecule has 0 bridgehead atoms. The summed E-state index contributed by atoms with van der Waals surface area (Å²) in [6, 6.07) is 2.86. The molecule has 0 saturated carbocycles. The van der Waals surface area contributed by atoms with Gasteiger partial charge in [-0.05, 0) is 36.1 Å². The van der Waals surface area contributed by atoms with E-state index in [1.54, 1.807) is 26.8 Å². The van der Waals surface area contributed by atoms with Gasteiger partial charge < -0.3 is 9.87 Å². The van der Waals surface area contributed by atoms with Crippen molar-refractivity contribution in [3.8, 4) is 0 Å². The number of benzene rings is 1. The molecule has 0 aliphatic rings. The van der Waals surface area contributed by atoms with Crippen molar-refractivity contribution >= 4 is 21.7 Å². The first kappa shape index (κ1) is 14.7. The minimum absolute atomic E-state index is 0.128. The van der Waals surface area contributed by atoms with Crippen LogP contribution in [0.5, 0.6) is 0 Å². The third kappa shape index (κ3) is 3.30. The summed E-state index contributed by atoms with van der Waals surface area (Å²) in [7, 11) is -4.51. The van der Waals surface area contributed by atoms with E-state index in [9.17, 15) is 17.8 Å². The molecule has 0 radical (unpaired) electrons. The van der Waals surface area contributed by atoms with E-state index in [1.165, 1.54) is 13.0 Å². The smallest absolute Gasteiger partial charge is 0.221 e. The van der Waals surface area contributed by atoms with Crippen molar-refractivity contribution in [2.24, 2.45) is 0 Å². The Kier molecular flexibility index (Phi) is 4.13. The van der Waals surface area contributed by atoms with Gasteiger partial charge in [0.1, 0.15) is 10.1 Å². The summed E-state index contributed by atoms with van der Waals surface area (Å²) in [5.41, 5.74) is 1.49. The predicted octanol–water partition coefficient (Wildman–Crippen LogP) is 1.98. The Morgan fingerprint density at radius 2 is 1.89 bits per heavy atom. The molecular weight excluding hydrogens is 254 g/mol. The number of amides is 1. The largest absolute Gasteiger partial charge is 0.744 e. The summed E-state index contributed by atoms with van der Waals surface area (Å²) in [5.74, 6) is -0.373. The molecule has 0 unspecified atom stereocenters. The normalized spacial score (nSPS) is 11.7. The van der Waals surface area contributed by atoms with Crippen LogP contribution in [0.2, 0.25) is 0 Å². The lowest BCUT2D eigenvalue weighted by Crippen LogP contribution is -2.11. The van der Waals surface area contributed by atoms with Crippen LogP contribution in [-0.2, 0) is 14.9 Å². The zero-order chi connectivity index (χ0) is 14.1. The molecule has 0 fully saturated rings. The van der Waals surface area contributed by atoms with Crippen molar-refractivity contribution in [3.05, 3.63) is 23.3 Å². The van der Waals surface area contributed by atoms with E-state index in [4.69, 9.17) is 0 Å². The number of carbonyl (C=O) groups is 1. The lowest BCUT2D eigenvalue weighted by Gasteiger charge is -2.19. The maximum atomic E-state index is 11.2. The summed E-state index contributed by atoms with van der Waals surface area (Å²) in [4.78, 5) is 10.8. The molecule has 0 aliphatic heterocycles. The summed E-state index contributed by atoms with van der Waals surface area (Å²) in [6.07, 6.45) is 0. The Labute approximate surface area is 107 Å². The minimum atomic E-state index is -4.51. The molecule has 1 N–H and O–H groups in total. The number of carbonyl (C=O) groups excluding carboxylic acids is 1. The van der Waals surface area contributed by atoms with Crippen LogP contribution < -0.4 is 5.32 Å². The number of aryl methyl sites for hydroxylation is 1. The van der Waals surface area contributed by atoms with Gasteiger partial charge in [-0.2, -0.15) is 0 Å². The molecule has 0 aliphatic carbocycles. The lowest BCUT2D eigenvalue weighted by molar-refractivity contribution is -0.114. The third-order valence-electron chi connectivity index (χ3n) is 2.56. The molecule has 6 heteroatoms. The van der Waals surface area contributed by atoms with Gasteiger partial charge in [-0.15, -0.1) is 0 Å². The first-order chi connectivity index (χ1) is 8.12. The van der Waals surface area contributed by atoms with Crippen LogP contribution in [0.1, 0.15) is 37.8 Å². The van der Waals surface area contributed by atoms with E-state index >= 15 is 0 Å². The molecule has 5 nitrogen and oxygen atoms in total. The molecule has 0 saturated heterocycles. The maximum absolute atomic E-state index is 11.2. The van der Waals surface area contributed by atoms with E-state index in [0.717, 1.165) is 0 Å². The van der Waals surface area contributed by atoms with Crippen molar-refractivity contribution in [2.45, 2.75) is 38.5 Å². The van der Waals surface area contributed by atoms with Gasteiger partial charge in [0.15, 0.2) is 0 Å². The van der Waals surface area contributed by atoms with E-state index < -0.39 is 10.1 Å². The monoisotopic (exact) mass is 270 g/mol. The fourth-order valence-corrected chi connectivity index (χ4v) is 2.59. The van der Waals surface area contributed by atoms with Gasteiger partial charge in [0, 0.05) is 12.6 Å². The molecule has 0 atom stereocenters. The van der Waals surface area contributed by atoms with Crippen molar-refractivity contribution in [3.63, 3.8) is 0 Å². The number of nitrogens with one attached hydrogen (secondary N) is 1. The number of hydrogen-bond acceptors (Lipinski definition) is 4. The lowest BCUT2D eigenvalue weighted by atomic mass is 10.0. The predicted molar refractivity (Wildman–Crippen MR) is 67.5 cm³/mol. The molecule has 1 amide bonds. The molecule has 0 aromatic heterocycles. The summed E-state index contributed by atoms with van der Waals surface area (Å²) in [6.45, 7) is 6.59. The number of rotatable bonds is 3. The van der Waals surface area contributed by atoms with Gasteiger partial charge in [0.2, 0.25) is 5.91 Å². The zero-order valence-electron chi connectivity index (χ0n) is 10.8. The molecule has 18 heavy (non-hydrogen) atoms. The Hall–Kier alpha value is -1.40. The van der Waals surface area contributed by atoms with Crippen LogP contribution in [0.25, 0.3) is 0 Å². The van der Waals surface area contributed by atoms with Gasteiger partial charge in [-0.1, -0.05) is 13.8 Å². The van der Waals surface area contributed by atoms with Crippen LogP contribution in [0, 0.1) is 6.92 Å². The van der Waals surface area contributed by atoms with Crippen molar-refractivity contribution in [1.29, 1.82) is 0 Å². The van der Waals surface area contributed by atoms with E-state index in [2.05, 4.69) is 5.32 Å². The molecule has 1 rings (SSSR count). The fourth-order valence-electron chi connectivity index (χ4n) is 1.69. The highest BCUT2D eigenvalue weighted by atomic mass is 32.2. The summed E-state index contributed by atoms with van der Waals surface area (Å²) in [5, 5.41) is 2.61. The Bertz CT molecular complexity index is 576. The quantitative estimate of drug-likeness (QED) is 0.851. The molecule has 0 spiro atoms. The highest BCUT2D eigenvalue weighted by Crippen LogP contribution is 2.29. The Morgan fingerprint density at radius 3 is 2.28 bits per heavy atom. The number of anilines is 1. The number of hydrogen-bond donors (Lipinski definition) is 1. The van der Waals surface area contributed by atoms with E-state index in [0.29, 0.717) is 16.8 Å². The molecule has 0 heterocycles. The molecule has 1 aromatic carbocycles. The van der Waals surface area contributed by atoms with Crippen LogP contribution in [0.15, 0.2) is 17.0 Å². The zero-order valence-corrected chi connectivity index (χ0v) is 11.6. The maximum Gasteiger partial charge on any atom is 0.221 e. The minimum Gasteiger partial charge on any atom is -0.744 e. The van der Waals surface area contributed by atoms with Gasteiger partial charge in [0.05, 0.1) is 4.90 Å². The molecule has 100 valence electrons. The first-order valence-electron chi connectivity index (χ1n) is 5.51. The SMILES string of the molecule is CC(=O)Nc1cc(C(C)C)c(S(=O)(=O)[O-])cc1C. The second kappa shape index (κ2) is 5.07. The van der Waals surface area contributed by atoms with Gasteiger partial charge in [0.25, 0.3) is 0 Å². The Morgan fingerprint density at radius 1 is 1.33 bits per heavy atom. The van der Waals surface area contributed by atoms with Crippen LogP contribution in [0.4, 0.5) is 5.69 Å². The highest BCUT2D eigenvalue weighted by Gasteiger charge is 2.15. The molecular formula is C12H16NO4S-.